The number of anilines is 1. The van der Waals surface area contributed by atoms with Crippen LogP contribution in [0, 0.1) is 11.3 Å². The lowest BCUT2D eigenvalue weighted by atomic mass is 9.90. The van der Waals surface area contributed by atoms with Gasteiger partial charge in [0.05, 0.1) is 29.8 Å². The van der Waals surface area contributed by atoms with Gasteiger partial charge in [-0.15, -0.1) is 0 Å². The summed E-state index contributed by atoms with van der Waals surface area (Å²) in [5, 5.41) is 30.9. The van der Waals surface area contributed by atoms with E-state index in [2.05, 4.69) is 21.2 Å². The Morgan fingerprint density at radius 1 is 1.30 bits per heavy atom. The van der Waals surface area contributed by atoms with E-state index in [1.165, 1.54) is 14.0 Å². The van der Waals surface area contributed by atoms with Crippen LogP contribution in [0.15, 0.2) is 40.9 Å². The van der Waals surface area contributed by atoms with Crippen molar-refractivity contribution in [2.24, 2.45) is 0 Å². The van der Waals surface area contributed by atoms with E-state index in [9.17, 15) is 9.90 Å². The Bertz CT molecular complexity index is 864. The van der Waals surface area contributed by atoms with Gasteiger partial charge in [-0.25, -0.2) is 4.79 Å². The monoisotopic (exact) mass is 434 g/mol. The smallest absolute Gasteiger partial charge is 0.333 e. The van der Waals surface area contributed by atoms with Crippen LogP contribution in [0.25, 0.3) is 0 Å². The molecule has 2 aromatic rings. The maximum atomic E-state index is 12.2. The molecule has 0 aromatic heterocycles. The Kier molecular flexibility index (Phi) is 6.66. The molecule has 0 heterocycles. The molecule has 2 rings (SSSR count). The SMILES string of the molecule is COc1cc(C(C)(Nc2ccc(C#N)cc2)C(=O)O)c(OCCO)cc1Br. The number of nitriles is 1. The molecular weight excluding hydrogens is 416 g/mol. The third-order valence-corrected chi connectivity index (χ3v) is 4.60. The topological polar surface area (TPSA) is 112 Å². The number of aliphatic hydroxyl groups excluding tert-OH is 1. The summed E-state index contributed by atoms with van der Waals surface area (Å²) in [6.45, 7) is 1.30. The van der Waals surface area contributed by atoms with Crippen molar-refractivity contribution in [2.45, 2.75) is 12.5 Å². The number of carboxylic acid groups (broad SMARTS) is 1. The first-order valence-electron chi connectivity index (χ1n) is 7.99. The zero-order valence-electron chi connectivity index (χ0n) is 14.8. The number of hydrogen-bond acceptors (Lipinski definition) is 6. The minimum atomic E-state index is -1.56. The summed E-state index contributed by atoms with van der Waals surface area (Å²) >= 11 is 3.35. The number of hydrogen-bond donors (Lipinski definition) is 3. The third kappa shape index (κ3) is 4.51. The van der Waals surface area contributed by atoms with E-state index in [0.29, 0.717) is 32.8 Å². The number of methoxy groups -OCH3 is 1. The predicted molar refractivity (Wildman–Crippen MR) is 103 cm³/mol. The molecule has 0 radical (unpaired) electrons. The fourth-order valence-corrected chi connectivity index (χ4v) is 2.99. The van der Waals surface area contributed by atoms with E-state index in [1.54, 1.807) is 36.4 Å². The molecular formula is C19H19BrN2O5. The Labute approximate surface area is 165 Å². The normalized spacial score (nSPS) is 12.6. The van der Waals surface area contributed by atoms with Gasteiger partial charge in [-0.2, -0.15) is 5.26 Å². The molecule has 27 heavy (non-hydrogen) atoms. The molecule has 1 atom stereocenters. The highest BCUT2D eigenvalue weighted by Gasteiger charge is 2.39. The highest BCUT2D eigenvalue weighted by Crippen LogP contribution is 2.40. The summed E-state index contributed by atoms with van der Waals surface area (Å²) in [5.74, 6) is -0.400. The number of ether oxygens (including phenoxy) is 2. The lowest BCUT2D eigenvalue weighted by Crippen LogP contribution is -2.41. The lowest BCUT2D eigenvalue weighted by Gasteiger charge is -2.30. The lowest BCUT2D eigenvalue weighted by molar-refractivity contribution is -0.142. The average Bonchev–Trinajstić information content (AvgIpc) is 2.66. The molecule has 0 bridgehead atoms. The van der Waals surface area contributed by atoms with Crippen molar-refractivity contribution in [3.05, 3.63) is 52.0 Å². The van der Waals surface area contributed by atoms with Gasteiger partial charge in [0, 0.05) is 11.3 Å². The van der Waals surface area contributed by atoms with E-state index in [-0.39, 0.29) is 13.2 Å². The summed E-state index contributed by atoms with van der Waals surface area (Å²) in [7, 11) is 1.48. The number of benzene rings is 2. The summed E-state index contributed by atoms with van der Waals surface area (Å²) in [6.07, 6.45) is 0. The zero-order valence-corrected chi connectivity index (χ0v) is 16.4. The highest BCUT2D eigenvalue weighted by atomic mass is 79.9. The Morgan fingerprint density at radius 3 is 2.48 bits per heavy atom. The molecule has 0 fully saturated rings. The number of rotatable bonds is 8. The Hall–Kier alpha value is -2.76. The molecule has 8 heteroatoms. The molecule has 2 aromatic carbocycles. The number of carbonyl (C=O) groups is 1. The van der Waals surface area contributed by atoms with E-state index < -0.39 is 11.5 Å². The minimum Gasteiger partial charge on any atom is -0.496 e. The van der Waals surface area contributed by atoms with Gasteiger partial charge in [0.2, 0.25) is 0 Å². The summed E-state index contributed by atoms with van der Waals surface area (Å²) in [5.41, 5.74) is -0.246. The number of halogens is 1. The van der Waals surface area contributed by atoms with Gasteiger partial charge in [-0.05, 0) is 59.3 Å². The second-order valence-corrected chi connectivity index (χ2v) is 6.65. The molecule has 0 aliphatic carbocycles. The van der Waals surface area contributed by atoms with Crippen molar-refractivity contribution in [2.75, 3.05) is 25.6 Å². The van der Waals surface area contributed by atoms with Gasteiger partial charge >= 0.3 is 5.97 Å². The van der Waals surface area contributed by atoms with Crippen LogP contribution < -0.4 is 14.8 Å². The molecule has 0 saturated carbocycles. The van der Waals surface area contributed by atoms with Crippen LogP contribution in [0.2, 0.25) is 0 Å². The van der Waals surface area contributed by atoms with E-state index in [0.717, 1.165) is 0 Å². The van der Waals surface area contributed by atoms with E-state index in [1.807, 2.05) is 6.07 Å². The molecule has 1 unspecified atom stereocenters. The first-order valence-corrected chi connectivity index (χ1v) is 8.78. The van der Waals surface area contributed by atoms with E-state index in [4.69, 9.17) is 19.8 Å². The average molecular weight is 435 g/mol. The van der Waals surface area contributed by atoms with Crippen LogP contribution in [-0.4, -0.2) is 36.5 Å². The first-order chi connectivity index (χ1) is 12.8. The van der Waals surface area contributed by atoms with E-state index >= 15 is 0 Å². The number of nitrogens with one attached hydrogen (secondary N) is 1. The highest BCUT2D eigenvalue weighted by molar-refractivity contribution is 9.10. The molecule has 0 spiro atoms. The second kappa shape index (κ2) is 8.75. The van der Waals surface area contributed by atoms with Crippen LogP contribution >= 0.6 is 15.9 Å². The van der Waals surface area contributed by atoms with Gasteiger partial charge in [0.1, 0.15) is 18.1 Å². The molecule has 3 N–H and O–H groups in total. The largest absolute Gasteiger partial charge is 0.496 e. The van der Waals surface area contributed by atoms with Crippen LogP contribution in [-0.2, 0) is 10.3 Å². The molecule has 0 aliphatic heterocycles. The van der Waals surface area contributed by atoms with Gasteiger partial charge in [0.25, 0.3) is 0 Å². The molecule has 0 amide bonds. The van der Waals surface area contributed by atoms with Gasteiger partial charge in [0.15, 0.2) is 5.54 Å². The first kappa shape index (κ1) is 20.6. The maximum absolute atomic E-state index is 12.2. The van der Waals surface area contributed by atoms with Crippen LogP contribution in [0.5, 0.6) is 11.5 Å². The zero-order chi connectivity index (χ0) is 20.0. The molecule has 0 saturated heterocycles. The van der Waals surface area contributed by atoms with Gasteiger partial charge < -0.3 is 25.0 Å². The minimum absolute atomic E-state index is 0.0122. The van der Waals surface area contributed by atoms with Crippen molar-refractivity contribution in [3.63, 3.8) is 0 Å². The third-order valence-electron chi connectivity index (χ3n) is 3.98. The summed E-state index contributed by atoms with van der Waals surface area (Å²) < 4.78 is 11.4. The molecule has 0 aliphatic rings. The predicted octanol–water partition coefficient (Wildman–Crippen LogP) is 3.11. The fourth-order valence-electron chi connectivity index (χ4n) is 2.51. The van der Waals surface area contributed by atoms with Crippen molar-refractivity contribution < 1.29 is 24.5 Å². The number of aliphatic carboxylic acids is 1. The van der Waals surface area contributed by atoms with Crippen molar-refractivity contribution in [3.8, 4) is 17.6 Å². The van der Waals surface area contributed by atoms with Crippen molar-refractivity contribution in [1.29, 1.82) is 5.26 Å². The van der Waals surface area contributed by atoms with Crippen LogP contribution in [0.4, 0.5) is 5.69 Å². The van der Waals surface area contributed by atoms with Gasteiger partial charge in [-0.3, -0.25) is 0 Å². The fraction of sp³-hybridized carbons (Fsp3) is 0.263. The summed E-state index contributed by atoms with van der Waals surface area (Å²) in [4.78, 5) is 12.2. The Morgan fingerprint density at radius 2 is 1.96 bits per heavy atom. The molecule has 7 nitrogen and oxygen atoms in total. The molecule has 142 valence electrons. The Balaban J connectivity index is 2.55. The number of nitrogens with zero attached hydrogens (tertiary/aromatic N) is 1. The standard InChI is InChI=1S/C19H19BrN2O5/c1-19(18(24)25,22-13-5-3-12(11-21)4-6-13)14-9-17(26-2)15(20)10-16(14)27-8-7-23/h3-6,9-10,22-23H,7-8H2,1-2H3,(H,24,25). The van der Waals surface area contributed by atoms with Gasteiger partial charge in [-0.1, -0.05) is 0 Å². The van der Waals surface area contributed by atoms with Crippen molar-refractivity contribution >= 4 is 27.6 Å². The number of aliphatic hydroxyl groups is 1. The van der Waals surface area contributed by atoms with Crippen molar-refractivity contribution in [1.82, 2.24) is 0 Å². The van der Waals surface area contributed by atoms with Crippen LogP contribution in [0.3, 0.4) is 0 Å². The second-order valence-electron chi connectivity index (χ2n) is 5.80. The summed E-state index contributed by atoms with van der Waals surface area (Å²) in [6, 6.07) is 11.6. The number of carboxylic acids is 1. The maximum Gasteiger partial charge on any atom is 0.333 e. The van der Waals surface area contributed by atoms with Crippen LogP contribution in [0.1, 0.15) is 18.1 Å². The quantitative estimate of drug-likeness (QED) is 0.584.